The van der Waals surface area contributed by atoms with Gasteiger partial charge < -0.3 is 14.8 Å². The van der Waals surface area contributed by atoms with Gasteiger partial charge in [0.05, 0.1) is 36.4 Å². The number of esters is 1. The molecule has 2 aromatic heterocycles. The fraction of sp³-hybridized carbons (Fsp3) is 0.333. The average Bonchev–Trinajstić information content (AvgIpc) is 3.11. The van der Waals surface area contributed by atoms with E-state index < -0.39 is 28.9 Å². The number of aryl methyl sites for hydroxylation is 1. The monoisotopic (exact) mass is 474 g/mol. The first-order valence-electron chi connectivity index (χ1n) is 9.90. The smallest absolute Gasteiger partial charge is 0.348 e. The first kappa shape index (κ1) is 23.9. The SMILES string of the molecule is COc1ccc(NC(=O)Cn2cnc3sc(C(=O)OCC(C)C)c(C)c3c2=O)c([N+](=O)[O-])c1. The van der Waals surface area contributed by atoms with Crippen molar-refractivity contribution in [1.82, 2.24) is 9.55 Å². The molecule has 1 amide bonds. The number of thiophene rings is 1. The lowest BCUT2D eigenvalue weighted by molar-refractivity contribution is -0.384. The van der Waals surface area contributed by atoms with Crippen LogP contribution in [0.15, 0.2) is 29.3 Å². The van der Waals surface area contributed by atoms with Crippen molar-refractivity contribution in [2.45, 2.75) is 27.3 Å². The van der Waals surface area contributed by atoms with Gasteiger partial charge in [-0.25, -0.2) is 9.78 Å². The Bertz CT molecular complexity index is 1300. The largest absolute Gasteiger partial charge is 0.496 e. The first-order valence-corrected chi connectivity index (χ1v) is 10.7. The Kier molecular flexibility index (Phi) is 7.07. The van der Waals surface area contributed by atoms with Crippen LogP contribution in [0.25, 0.3) is 10.2 Å². The number of carbonyl (C=O) groups is 2. The summed E-state index contributed by atoms with van der Waals surface area (Å²) in [7, 11) is 1.37. The molecule has 12 heteroatoms. The van der Waals surface area contributed by atoms with Gasteiger partial charge in [-0.15, -0.1) is 11.3 Å². The van der Waals surface area contributed by atoms with Crippen LogP contribution in [0, 0.1) is 23.0 Å². The minimum absolute atomic E-state index is 0.0326. The van der Waals surface area contributed by atoms with Crippen molar-refractivity contribution in [2.24, 2.45) is 5.92 Å². The summed E-state index contributed by atoms with van der Waals surface area (Å²) in [5.74, 6) is -0.754. The van der Waals surface area contributed by atoms with Gasteiger partial charge in [0.2, 0.25) is 5.91 Å². The van der Waals surface area contributed by atoms with Crippen LogP contribution in [-0.2, 0) is 16.1 Å². The maximum atomic E-state index is 13.0. The number of ether oxygens (including phenoxy) is 2. The van der Waals surface area contributed by atoms with Crippen LogP contribution in [0.1, 0.15) is 29.1 Å². The summed E-state index contributed by atoms with van der Waals surface area (Å²) in [6.45, 7) is 5.28. The molecule has 1 N–H and O–H groups in total. The van der Waals surface area contributed by atoms with E-state index in [2.05, 4.69) is 10.3 Å². The van der Waals surface area contributed by atoms with E-state index in [1.807, 2.05) is 13.8 Å². The molecule has 0 aliphatic carbocycles. The molecule has 33 heavy (non-hydrogen) atoms. The lowest BCUT2D eigenvalue weighted by Gasteiger charge is -2.09. The maximum Gasteiger partial charge on any atom is 0.348 e. The highest BCUT2D eigenvalue weighted by Crippen LogP contribution is 2.29. The first-order chi connectivity index (χ1) is 15.6. The molecule has 0 aliphatic rings. The summed E-state index contributed by atoms with van der Waals surface area (Å²) in [6, 6.07) is 4.00. The van der Waals surface area contributed by atoms with Crippen LogP contribution < -0.4 is 15.6 Å². The minimum atomic E-state index is -0.657. The van der Waals surface area contributed by atoms with E-state index in [0.29, 0.717) is 10.4 Å². The summed E-state index contributed by atoms with van der Waals surface area (Å²) in [5, 5.41) is 14.0. The molecule has 0 spiro atoms. The third kappa shape index (κ3) is 5.17. The van der Waals surface area contributed by atoms with Crippen molar-refractivity contribution in [3.8, 4) is 5.75 Å². The molecule has 0 saturated heterocycles. The number of nitrogens with one attached hydrogen (secondary N) is 1. The zero-order valence-electron chi connectivity index (χ0n) is 18.4. The molecule has 1 aromatic carbocycles. The Hall–Kier alpha value is -3.80. The number of methoxy groups -OCH3 is 1. The van der Waals surface area contributed by atoms with Crippen molar-refractivity contribution in [2.75, 3.05) is 19.0 Å². The van der Waals surface area contributed by atoms with Crippen LogP contribution in [0.2, 0.25) is 0 Å². The molecule has 3 aromatic rings. The van der Waals surface area contributed by atoms with Gasteiger partial charge in [0.25, 0.3) is 11.2 Å². The van der Waals surface area contributed by atoms with Gasteiger partial charge in [0.15, 0.2) is 0 Å². The van der Waals surface area contributed by atoms with E-state index in [4.69, 9.17) is 9.47 Å². The average molecular weight is 474 g/mol. The molecule has 174 valence electrons. The highest BCUT2D eigenvalue weighted by molar-refractivity contribution is 7.20. The van der Waals surface area contributed by atoms with Crippen molar-refractivity contribution in [3.05, 3.63) is 55.4 Å². The number of hydrogen-bond acceptors (Lipinski definition) is 9. The molecule has 2 heterocycles. The number of nitro groups is 1. The number of benzene rings is 1. The highest BCUT2D eigenvalue weighted by Gasteiger charge is 2.22. The highest BCUT2D eigenvalue weighted by atomic mass is 32.1. The van der Waals surface area contributed by atoms with E-state index in [0.717, 1.165) is 15.9 Å². The minimum Gasteiger partial charge on any atom is -0.496 e. The van der Waals surface area contributed by atoms with E-state index in [9.17, 15) is 24.5 Å². The van der Waals surface area contributed by atoms with Crippen molar-refractivity contribution >= 4 is 44.8 Å². The molecule has 0 bridgehead atoms. The number of fused-ring (bicyclic) bond motifs is 1. The molecular formula is C21H22N4O7S. The lowest BCUT2D eigenvalue weighted by Crippen LogP contribution is -2.28. The van der Waals surface area contributed by atoms with Crippen LogP contribution >= 0.6 is 11.3 Å². The Morgan fingerprint density at radius 2 is 2.06 bits per heavy atom. The predicted molar refractivity (Wildman–Crippen MR) is 122 cm³/mol. The molecule has 0 fully saturated rings. The third-order valence-corrected chi connectivity index (χ3v) is 5.82. The van der Waals surface area contributed by atoms with Gasteiger partial charge in [0.1, 0.15) is 27.7 Å². The summed E-state index contributed by atoms with van der Waals surface area (Å²) in [4.78, 5) is 53.4. The van der Waals surface area contributed by atoms with Crippen LogP contribution in [-0.4, -0.2) is 40.1 Å². The van der Waals surface area contributed by atoms with Gasteiger partial charge in [-0.1, -0.05) is 13.8 Å². The molecule has 11 nitrogen and oxygen atoms in total. The lowest BCUT2D eigenvalue weighted by atomic mass is 10.2. The Balaban J connectivity index is 1.85. The van der Waals surface area contributed by atoms with E-state index in [1.54, 1.807) is 6.92 Å². The number of amides is 1. The number of nitrogens with zero attached hydrogens (tertiary/aromatic N) is 3. The number of rotatable bonds is 8. The second kappa shape index (κ2) is 9.77. The van der Waals surface area contributed by atoms with Crippen molar-refractivity contribution in [1.29, 1.82) is 0 Å². The number of anilines is 1. The van der Waals surface area contributed by atoms with Gasteiger partial charge in [-0.05, 0) is 30.5 Å². The number of nitro benzene ring substituents is 1. The number of aromatic nitrogens is 2. The fourth-order valence-corrected chi connectivity index (χ4v) is 4.05. The summed E-state index contributed by atoms with van der Waals surface area (Å²) >= 11 is 1.05. The van der Waals surface area contributed by atoms with E-state index >= 15 is 0 Å². The van der Waals surface area contributed by atoms with Crippen LogP contribution in [0.4, 0.5) is 11.4 Å². The quantitative estimate of drug-likeness (QED) is 0.298. The predicted octanol–water partition coefficient (Wildman–Crippen LogP) is 3.13. The van der Waals surface area contributed by atoms with Gasteiger partial charge in [0, 0.05) is 0 Å². The van der Waals surface area contributed by atoms with E-state index in [1.165, 1.54) is 31.6 Å². The topological polar surface area (TPSA) is 143 Å². The summed E-state index contributed by atoms with van der Waals surface area (Å²) in [6.07, 6.45) is 1.20. The Labute approximate surface area is 192 Å². The van der Waals surface area contributed by atoms with Crippen molar-refractivity contribution < 1.29 is 24.0 Å². The Morgan fingerprint density at radius 1 is 1.33 bits per heavy atom. The molecule has 0 aliphatic heterocycles. The van der Waals surface area contributed by atoms with Crippen LogP contribution in [0.3, 0.4) is 0 Å². The molecule has 0 atom stereocenters. The zero-order valence-corrected chi connectivity index (χ0v) is 19.2. The standard InChI is InChI=1S/C21H22N4O7S/c1-11(2)9-32-21(28)18-12(3)17-19(33-18)22-10-24(20(17)27)8-16(26)23-14-6-5-13(31-4)7-15(14)25(29)30/h5-7,10-11H,8-9H2,1-4H3,(H,23,26). The number of hydrogen-bond donors (Lipinski definition) is 1. The second-order valence-corrected chi connectivity index (χ2v) is 8.59. The van der Waals surface area contributed by atoms with E-state index in [-0.39, 0.29) is 39.9 Å². The molecule has 0 radical (unpaired) electrons. The molecular weight excluding hydrogens is 452 g/mol. The normalized spacial score (nSPS) is 10.9. The Morgan fingerprint density at radius 3 is 2.70 bits per heavy atom. The molecule has 0 unspecified atom stereocenters. The molecule has 3 rings (SSSR count). The number of carbonyl (C=O) groups excluding carboxylic acids is 2. The third-order valence-electron chi connectivity index (χ3n) is 4.64. The summed E-state index contributed by atoms with van der Waals surface area (Å²) in [5.41, 5.74) is -0.450. The summed E-state index contributed by atoms with van der Waals surface area (Å²) < 4.78 is 11.3. The van der Waals surface area contributed by atoms with Crippen LogP contribution in [0.5, 0.6) is 5.75 Å². The van der Waals surface area contributed by atoms with Crippen molar-refractivity contribution in [3.63, 3.8) is 0 Å². The van der Waals surface area contributed by atoms with Gasteiger partial charge >= 0.3 is 5.97 Å². The fourth-order valence-electron chi connectivity index (χ4n) is 3.01. The molecule has 0 saturated carbocycles. The zero-order chi connectivity index (χ0) is 24.3. The second-order valence-electron chi connectivity index (χ2n) is 7.59. The maximum absolute atomic E-state index is 13.0. The van der Waals surface area contributed by atoms with Gasteiger partial charge in [-0.2, -0.15) is 0 Å². The van der Waals surface area contributed by atoms with Gasteiger partial charge in [-0.3, -0.25) is 24.3 Å².